The standard InChI is InChI=1S/C65H126O6/c1-7-60(5)52-46-40-34-28-24-20-16-11-9-10-12-18-22-26-30-38-44-50-56-65(68)71-62(58-70-64(67)55-49-43-37-32-31-35-41-47-53-61(6)8-2)57-69-63(66)54-48-42-36-29-25-21-17-14-13-15-19-23-27-33-39-45-51-59(3)4/h59-62H,7-58H2,1-6H3/t60?,61?,62-/m0/s1. The van der Waals surface area contributed by atoms with Gasteiger partial charge < -0.3 is 14.2 Å². The molecule has 0 aliphatic heterocycles. The summed E-state index contributed by atoms with van der Waals surface area (Å²) in [6.45, 7) is 13.9. The molecule has 0 bridgehead atoms. The van der Waals surface area contributed by atoms with Gasteiger partial charge in [-0.25, -0.2) is 0 Å². The van der Waals surface area contributed by atoms with Gasteiger partial charge in [0.15, 0.2) is 6.10 Å². The van der Waals surface area contributed by atoms with Gasteiger partial charge >= 0.3 is 17.9 Å². The third kappa shape index (κ3) is 56.0. The first kappa shape index (κ1) is 69.4. The largest absolute Gasteiger partial charge is 0.462 e. The summed E-state index contributed by atoms with van der Waals surface area (Å²) in [7, 11) is 0. The molecule has 0 rings (SSSR count). The number of hydrogen-bond donors (Lipinski definition) is 0. The van der Waals surface area contributed by atoms with E-state index in [4.69, 9.17) is 14.2 Å². The quantitative estimate of drug-likeness (QED) is 0.0343. The van der Waals surface area contributed by atoms with Crippen LogP contribution in [0.2, 0.25) is 0 Å². The first-order valence-corrected chi connectivity index (χ1v) is 32.2. The Balaban J connectivity index is 4.24. The zero-order valence-corrected chi connectivity index (χ0v) is 49.0. The maximum atomic E-state index is 12.9. The van der Waals surface area contributed by atoms with Crippen LogP contribution in [0, 0.1) is 17.8 Å². The Morgan fingerprint density at radius 1 is 0.282 bits per heavy atom. The van der Waals surface area contributed by atoms with Crippen LogP contribution in [0.15, 0.2) is 0 Å². The third-order valence-corrected chi connectivity index (χ3v) is 15.6. The molecule has 0 fully saturated rings. The Morgan fingerprint density at radius 2 is 0.493 bits per heavy atom. The van der Waals surface area contributed by atoms with E-state index < -0.39 is 6.10 Å². The molecular weight excluding hydrogens is 877 g/mol. The highest BCUT2D eigenvalue weighted by molar-refractivity contribution is 5.71. The fourth-order valence-electron chi connectivity index (χ4n) is 10.00. The molecule has 71 heavy (non-hydrogen) atoms. The lowest BCUT2D eigenvalue weighted by Gasteiger charge is -2.18. The number of rotatable bonds is 58. The van der Waals surface area contributed by atoms with Crippen molar-refractivity contribution in [2.75, 3.05) is 13.2 Å². The van der Waals surface area contributed by atoms with E-state index in [-0.39, 0.29) is 31.1 Å². The van der Waals surface area contributed by atoms with Gasteiger partial charge in [0.2, 0.25) is 0 Å². The van der Waals surface area contributed by atoms with Crippen LogP contribution in [0.3, 0.4) is 0 Å². The molecule has 0 saturated heterocycles. The van der Waals surface area contributed by atoms with Gasteiger partial charge in [-0.15, -0.1) is 0 Å². The number of carbonyl (C=O) groups excluding carboxylic acids is 3. The highest BCUT2D eigenvalue weighted by atomic mass is 16.6. The summed E-state index contributed by atoms with van der Waals surface area (Å²) < 4.78 is 16.9. The first-order chi connectivity index (χ1) is 34.7. The molecule has 0 saturated carbocycles. The molecule has 3 atom stereocenters. The van der Waals surface area contributed by atoms with Crippen LogP contribution < -0.4 is 0 Å². The van der Waals surface area contributed by atoms with Crippen LogP contribution >= 0.6 is 0 Å². The zero-order valence-electron chi connectivity index (χ0n) is 49.0. The van der Waals surface area contributed by atoms with Crippen LogP contribution in [-0.2, 0) is 28.6 Å². The topological polar surface area (TPSA) is 78.9 Å². The van der Waals surface area contributed by atoms with Gasteiger partial charge in [-0.05, 0) is 37.0 Å². The molecule has 0 amide bonds. The molecule has 0 aromatic rings. The Bertz CT molecular complexity index is 1110. The molecule has 6 heteroatoms. The molecule has 6 nitrogen and oxygen atoms in total. The molecule has 0 aliphatic carbocycles. The van der Waals surface area contributed by atoms with Gasteiger partial charge in [0.1, 0.15) is 13.2 Å². The average molecular weight is 1000 g/mol. The minimum Gasteiger partial charge on any atom is -0.462 e. The van der Waals surface area contributed by atoms with Crippen molar-refractivity contribution >= 4 is 17.9 Å². The second-order valence-electron chi connectivity index (χ2n) is 23.4. The normalized spacial score (nSPS) is 12.9. The molecule has 0 aromatic heterocycles. The van der Waals surface area contributed by atoms with Crippen LogP contribution in [0.25, 0.3) is 0 Å². The highest BCUT2D eigenvalue weighted by Crippen LogP contribution is 2.20. The molecule has 422 valence electrons. The summed E-state index contributed by atoms with van der Waals surface area (Å²) in [5.74, 6) is 1.77. The van der Waals surface area contributed by atoms with Crippen LogP contribution in [-0.4, -0.2) is 37.2 Å². The average Bonchev–Trinajstić information content (AvgIpc) is 3.36. The number of ether oxygens (including phenoxy) is 3. The molecule has 0 spiro atoms. The van der Waals surface area contributed by atoms with E-state index in [0.717, 1.165) is 75.5 Å². The molecule has 0 aliphatic rings. The smallest absolute Gasteiger partial charge is 0.306 e. The molecule has 0 aromatic carbocycles. The molecule has 0 radical (unpaired) electrons. The lowest BCUT2D eigenvalue weighted by atomic mass is 9.99. The molecular formula is C65H126O6. The van der Waals surface area contributed by atoms with Gasteiger partial charge in [0.05, 0.1) is 0 Å². The van der Waals surface area contributed by atoms with Gasteiger partial charge in [0.25, 0.3) is 0 Å². The van der Waals surface area contributed by atoms with E-state index in [1.54, 1.807) is 0 Å². The predicted octanol–water partition coefficient (Wildman–Crippen LogP) is 21.5. The monoisotopic (exact) mass is 1000 g/mol. The maximum absolute atomic E-state index is 12.9. The Labute approximate surface area is 444 Å². The van der Waals surface area contributed by atoms with Crippen molar-refractivity contribution in [1.82, 2.24) is 0 Å². The van der Waals surface area contributed by atoms with Gasteiger partial charge in [-0.1, -0.05) is 324 Å². The summed E-state index contributed by atoms with van der Waals surface area (Å²) in [5.41, 5.74) is 0. The van der Waals surface area contributed by atoms with Crippen LogP contribution in [0.5, 0.6) is 0 Å². The summed E-state index contributed by atoms with van der Waals surface area (Å²) in [6.07, 6.45) is 61.0. The fourth-order valence-corrected chi connectivity index (χ4v) is 10.00. The van der Waals surface area contributed by atoms with Crippen molar-refractivity contribution in [2.24, 2.45) is 17.8 Å². The number of esters is 3. The van der Waals surface area contributed by atoms with Gasteiger partial charge in [-0.2, -0.15) is 0 Å². The lowest BCUT2D eigenvalue weighted by Crippen LogP contribution is -2.30. The van der Waals surface area contributed by atoms with Crippen molar-refractivity contribution in [1.29, 1.82) is 0 Å². The van der Waals surface area contributed by atoms with Crippen molar-refractivity contribution in [2.45, 2.75) is 369 Å². The van der Waals surface area contributed by atoms with Gasteiger partial charge in [-0.3, -0.25) is 14.4 Å². The Hall–Kier alpha value is -1.59. The lowest BCUT2D eigenvalue weighted by molar-refractivity contribution is -0.167. The predicted molar refractivity (Wildman–Crippen MR) is 307 cm³/mol. The minimum atomic E-state index is -0.765. The van der Waals surface area contributed by atoms with Crippen molar-refractivity contribution in [3.63, 3.8) is 0 Å². The molecule has 0 N–H and O–H groups in total. The van der Waals surface area contributed by atoms with E-state index in [9.17, 15) is 14.4 Å². The Kier molecular flexibility index (Phi) is 54.9. The van der Waals surface area contributed by atoms with Crippen molar-refractivity contribution in [3.05, 3.63) is 0 Å². The fraction of sp³-hybridized carbons (Fsp3) is 0.954. The van der Waals surface area contributed by atoms with E-state index in [0.29, 0.717) is 19.3 Å². The first-order valence-electron chi connectivity index (χ1n) is 32.2. The van der Waals surface area contributed by atoms with Gasteiger partial charge in [0, 0.05) is 19.3 Å². The van der Waals surface area contributed by atoms with Crippen LogP contribution in [0.4, 0.5) is 0 Å². The molecule has 2 unspecified atom stereocenters. The summed E-state index contributed by atoms with van der Waals surface area (Å²) in [5, 5.41) is 0. The van der Waals surface area contributed by atoms with Crippen molar-refractivity contribution < 1.29 is 28.6 Å². The van der Waals surface area contributed by atoms with E-state index in [1.165, 1.54) is 244 Å². The number of unbranched alkanes of at least 4 members (excludes halogenated alkanes) is 39. The van der Waals surface area contributed by atoms with E-state index in [2.05, 4.69) is 41.5 Å². The van der Waals surface area contributed by atoms with E-state index in [1.807, 2.05) is 0 Å². The second-order valence-corrected chi connectivity index (χ2v) is 23.4. The maximum Gasteiger partial charge on any atom is 0.306 e. The zero-order chi connectivity index (χ0) is 51.9. The second kappa shape index (κ2) is 56.1. The summed E-state index contributed by atoms with van der Waals surface area (Å²) in [4.78, 5) is 38.3. The summed E-state index contributed by atoms with van der Waals surface area (Å²) >= 11 is 0. The van der Waals surface area contributed by atoms with Crippen LogP contribution in [0.1, 0.15) is 363 Å². The highest BCUT2D eigenvalue weighted by Gasteiger charge is 2.19. The summed E-state index contributed by atoms with van der Waals surface area (Å²) in [6, 6.07) is 0. The third-order valence-electron chi connectivity index (χ3n) is 15.6. The molecule has 0 heterocycles. The van der Waals surface area contributed by atoms with Crippen molar-refractivity contribution in [3.8, 4) is 0 Å². The SMILES string of the molecule is CCC(C)CCCCCCCCCCCCCCCCCCCCC(=O)O[C@@H](COC(=O)CCCCCCCCCCCCCCCCCCC(C)C)COC(=O)CCCCCCCCCCC(C)CC. The van der Waals surface area contributed by atoms with E-state index >= 15 is 0 Å². The number of hydrogen-bond acceptors (Lipinski definition) is 6. The minimum absolute atomic E-state index is 0.0630. The number of carbonyl (C=O) groups is 3. The Morgan fingerprint density at radius 3 is 0.732 bits per heavy atom.